The molecular formula is C18H14O5. The number of ether oxygens (including phenoxy) is 1. The van der Waals surface area contributed by atoms with Crippen molar-refractivity contribution in [2.75, 3.05) is 0 Å². The Kier molecular flexibility index (Phi) is 3.70. The lowest BCUT2D eigenvalue weighted by molar-refractivity contribution is -0.134. The van der Waals surface area contributed by atoms with Crippen LogP contribution in [0, 0.1) is 0 Å². The van der Waals surface area contributed by atoms with Crippen molar-refractivity contribution in [3.8, 4) is 11.5 Å². The van der Waals surface area contributed by atoms with Crippen LogP contribution in [0.4, 0.5) is 0 Å². The molecule has 0 spiro atoms. The fraction of sp³-hybridized carbons (Fsp3) is 0.167. The largest absolute Gasteiger partial charge is 0.504 e. The molecule has 1 aliphatic carbocycles. The Morgan fingerprint density at radius 3 is 2.30 bits per heavy atom. The Balaban J connectivity index is 2.09. The summed E-state index contributed by atoms with van der Waals surface area (Å²) in [4.78, 5) is 36.6. The maximum absolute atomic E-state index is 12.6. The molecule has 0 saturated carbocycles. The Hall–Kier alpha value is -2.95. The molecular weight excluding hydrogens is 296 g/mol. The number of rotatable bonds is 3. The van der Waals surface area contributed by atoms with E-state index < -0.39 is 17.5 Å². The summed E-state index contributed by atoms with van der Waals surface area (Å²) in [5.74, 6) is -1.88. The second-order valence-electron chi connectivity index (χ2n) is 5.26. The number of aromatic hydroxyl groups is 1. The van der Waals surface area contributed by atoms with E-state index >= 15 is 0 Å². The van der Waals surface area contributed by atoms with Gasteiger partial charge < -0.3 is 9.84 Å². The molecule has 23 heavy (non-hydrogen) atoms. The van der Waals surface area contributed by atoms with E-state index in [1.807, 2.05) is 6.92 Å². The van der Waals surface area contributed by atoms with Gasteiger partial charge in [-0.2, -0.15) is 0 Å². The SMILES string of the molecule is CCCC(=O)Oc1ccc2c(c1O)C(=O)c1ccccc1C2=O. The second kappa shape index (κ2) is 5.68. The Bertz CT molecular complexity index is 835. The van der Waals surface area contributed by atoms with E-state index in [0.717, 1.165) is 0 Å². The zero-order chi connectivity index (χ0) is 16.6. The molecule has 0 atom stereocenters. The number of phenolic OH excluding ortho intramolecular Hbond substituents is 1. The number of carbonyl (C=O) groups is 3. The molecule has 5 nitrogen and oxygen atoms in total. The number of hydrogen-bond acceptors (Lipinski definition) is 5. The maximum atomic E-state index is 12.6. The van der Waals surface area contributed by atoms with Crippen LogP contribution in [0.2, 0.25) is 0 Å². The van der Waals surface area contributed by atoms with Crippen LogP contribution < -0.4 is 4.74 Å². The Morgan fingerprint density at radius 2 is 1.65 bits per heavy atom. The molecule has 0 fully saturated rings. The van der Waals surface area contributed by atoms with Crippen molar-refractivity contribution < 1.29 is 24.2 Å². The molecule has 0 bridgehead atoms. The summed E-state index contributed by atoms with van der Waals surface area (Å²) in [5.41, 5.74) is 0.537. The van der Waals surface area contributed by atoms with Gasteiger partial charge in [0.25, 0.3) is 0 Å². The highest BCUT2D eigenvalue weighted by molar-refractivity contribution is 6.29. The van der Waals surface area contributed by atoms with Crippen LogP contribution >= 0.6 is 0 Å². The summed E-state index contributed by atoms with van der Waals surface area (Å²) in [7, 11) is 0. The van der Waals surface area contributed by atoms with Crippen LogP contribution in [-0.4, -0.2) is 22.6 Å². The van der Waals surface area contributed by atoms with Crippen molar-refractivity contribution in [2.24, 2.45) is 0 Å². The number of esters is 1. The number of hydrogen-bond donors (Lipinski definition) is 1. The van der Waals surface area contributed by atoms with E-state index in [-0.39, 0.29) is 34.6 Å². The van der Waals surface area contributed by atoms with Crippen molar-refractivity contribution in [1.82, 2.24) is 0 Å². The zero-order valence-corrected chi connectivity index (χ0v) is 12.5. The first-order valence-corrected chi connectivity index (χ1v) is 7.29. The first-order chi connectivity index (χ1) is 11.0. The van der Waals surface area contributed by atoms with Gasteiger partial charge in [0.1, 0.15) is 0 Å². The third kappa shape index (κ3) is 2.40. The maximum Gasteiger partial charge on any atom is 0.311 e. The summed E-state index contributed by atoms with van der Waals surface area (Å²) < 4.78 is 5.07. The number of carbonyl (C=O) groups excluding carboxylic acids is 3. The van der Waals surface area contributed by atoms with Crippen LogP contribution in [0.25, 0.3) is 0 Å². The molecule has 1 aliphatic rings. The van der Waals surface area contributed by atoms with Gasteiger partial charge in [-0.15, -0.1) is 0 Å². The molecule has 0 amide bonds. The van der Waals surface area contributed by atoms with Crippen molar-refractivity contribution in [3.63, 3.8) is 0 Å². The lowest BCUT2D eigenvalue weighted by Gasteiger charge is -2.19. The molecule has 0 unspecified atom stereocenters. The lowest BCUT2D eigenvalue weighted by Crippen LogP contribution is -2.21. The van der Waals surface area contributed by atoms with Crippen LogP contribution in [0.5, 0.6) is 11.5 Å². The fourth-order valence-electron chi connectivity index (χ4n) is 2.61. The molecule has 1 N–H and O–H groups in total. The summed E-state index contributed by atoms with van der Waals surface area (Å²) in [5, 5.41) is 10.3. The summed E-state index contributed by atoms with van der Waals surface area (Å²) in [6.45, 7) is 1.83. The summed E-state index contributed by atoms with van der Waals surface area (Å²) in [6, 6.07) is 9.17. The molecule has 0 radical (unpaired) electrons. The minimum absolute atomic E-state index is 0.109. The molecule has 0 heterocycles. The van der Waals surface area contributed by atoms with Gasteiger partial charge in [0, 0.05) is 23.1 Å². The first-order valence-electron chi connectivity index (χ1n) is 7.29. The predicted octanol–water partition coefficient (Wildman–Crippen LogP) is 2.87. The highest BCUT2D eigenvalue weighted by Gasteiger charge is 2.33. The van der Waals surface area contributed by atoms with E-state index in [1.54, 1.807) is 18.2 Å². The highest BCUT2D eigenvalue weighted by atomic mass is 16.5. The average molecular weight is 310 g/mol. The third-order valence-corrected chi connectivity index (χ3v) is 3.71. The van der Waals surface area contributed by atoms with Crippen molar-refractivity contribution >= 4 is 17.5 Å². The number of ketones is 2. The monoisotopic (exact) mass is 310 g/mol. The van der Waals surface area contributed by atoms with Crippen LogP contribution in [0.15, 0.2) is 36.4 Å². The zero-order valence-electron chi connectivity index (χ0n) is 12.5. The predicted molar refractivity (Wildman–Crippen MR) is 82.0 cm³/mol. The molecule has 0 saturated heterocycles. The second-order valence-corrected chi connectivity index (χ2v) is 5.26. The van der Waals surface area contributed by atoms with Crippen LogP contribution in [0.3, 0.4) is 0 Å². The third-order valence-electron chi connectivity index (χ3n) is 3.71. The van der Waals surface area contributed by atoms with Gasteiger partial charge in [-0.1, -0.05) is 31.2 Å². The molecule has 0 aliphatic heterocycles. The van der Waals surface area contributed by atoms with Crippen molar-refractivity contribution in [3.05, 3.63) is 58.7 Å². The number of phenols is 1. The topological polar surface area (TPSA) is 80.7 Å². The van der Waals surface area contributed by atoms with E-state index in [9.17, 15) is 19.5 Å². The Labute approximate surface area is 132 Å². The highest BCUT2D eigenvalue weighted by Crippen LogP contribution is 2.38. The number of fused-ring (bicyclic) bond motifs is 2. The van der Waals surface area contributed by atoms with E-state index in [4.69, 9.17) is 4.74 Å². The minimum atomic E-state index is -0.502. The average Bonchev–Trinajstić information content (AvgIpc) is 2.54. The van der Waals surface area contributed by atoms with Crippen molar-refractivity contribution in [1.29, 1.82) is 0 Å². The molecule has 116 valence electrons. The van der Waals surface area contributed by atoms with Gasteiger partial charge in [-0.05, 0) is 18.6 Å². The van der Waals surface area contributed by atoms with E-state index in [0.29, 0.717) is 12.0 Å². The quantitative estimate of drug-likeness (QED) is 0.594. The van der Waals surface area contributed by atoms with Gasteiger partial charge in [-0.25, -0.2) is 0 Å². The van der Waals surface area contributed by atoms with Crippen molar-refractivity contribution in [2.45, 2.75) is 19.8 Å². The minimum Gasteiger partial charge on any atom is -0.504 e. The summed E-state index contributed by atoms with van der Waals surface area (Å²) in [6.07, 6.45) is 0.807. The van der Waals surface area contributed by atoms with Crippen LogP contribution in [-0.2, 0) is 4.79 Å². The molecule has 3 rings (SSSR count). The van der Waals surface area contributed by atoms with Gasteiger partial charge >= 0.3 is 5.97 Å². The molecule has 2 aromatic carbocycles. The smallest absolute Gasteiger partial charge is 0.311 e. The first kappa shape index (κ1) is 15.0. The molecule has 2 aromatic rings. The molecule has 0 aromatic heterocycles. The van der Waals surface area contributed by atoms with Crippen LogP contribution in [0.1, 0.15) is 51.6 Å². The van der Waals surface area contributed by atoms with Gasteiger partial charge in [0.05, 0.1) is 5.56 Å². The van der Waals surface area contributed by atoms with Gasteiger partial charge in [0.2, 0.25) is 0 Å². The lowest BCUT2D eigenvalue weighted by atomic mass is 9.83. The van der Waals surface area contributed by atoms with Gasteiger partial charge in [-0.3, -0.25) is 14.4 Å². The summed E-state index contributed by atoms with van der Waals surface area (Å²) >= 11 is 0. The Morgan fingerprint density at radius 1 is 1.00 bits per heavy atom. The standard InChI is InChI=1S/C18H14O5/c1-2-5-14(19)23-13-9-8-12-15(18(13)22)17(21)11-7-4-3-6-10(11)16(12)20/h3-4,6-9,22H,2,5H2,1H3. The van der Waals surface area contributed by atoms with Gasteiger partial charge in [0.15, 0.2) is 23.1 Å². The normalized spacial score (nSPS) is 12.6. The van der Waals surface area contributed by atoms with E-state index in [2.05, 4.69) is 0 Å². The van der Waals surface area contributed by atoms with E-state index in [1.165, 1.54) is 18.2 Å². The number of benzene rings is 2. The molecule has 5 heteroatoms. The fourth-order valence-corrected chi connectivity index (χ4v) is 2.61.